The van der Waals surface area contributed by atoms with Gasteiger partial charge in [-0.3, -0.25) is 4.99 Å². The Morgan fingerprint density at radius 2 is 1.50 bits per heavy atom. The van der Waals surface area contributed by atoms with Gasteiger partial charge in [0, 0.05) is 12.8 Å². The molecule has 0 saturated heterocycles. The Bertz CT molecular complexity index is 116. The van der Waals surface area contributed by atoms with E-state index in [-0.39, 0.29) is 0 Å². The van der Waals surface area contributed by atoms with Crippen LogP contribution in [0.1, 0.15) is 58.8 Å². The van der Waals surface area contributed by atoms with Gasteiger partial charge in [-0.25, -0.2) is 0 Å². The molecule has 0 aromatic carbocycles. The van der Waals surface area contributed by atoms with Crippen LogP contribution in [0.4, 0.5) is 0 Å². The van der Waals surface area contributed by atoms with E-state index < -0.39 is 0 Å². The summed E-state index contributed by atoms with van der Waals surface area (Å²) in [5, 5.41) is 0. The van der Waals surface area contributed by atoms with E-state index >= 15 is 0 Å². The molecule has 0 unspecified atom stereocenters. The first-order valence-electron chi connectivity index (χ1n) is 5.29. The van der Waals surface area contributed by atoms with Gasteiger partial charge in [-0.2, -0.15) is 0 Å². The van der Waals surface area contributed by atoms with Crippen molar-refractivity contribution in [1.82, 2.24) is 0 Å². The predicted molar refractivity (Wildman–Crippen MR) is 57.0 cm³/mol. The summed E-state index contributed by atoms with van der Waals surface area (Å²) in [5.41, 5.74) is 1.42. The molecule has 0 atom stereocenters. The summed E-state index contributed by atoms with van der Waals surface area (Å²) in [7, 11) is 1.93. The first kappa shape index (κ1) is 11.7. The van der Waals surface area contributed by atoms with Gasteiger partial charge in [0.25, 0.3) is 0 Å². The lowest BCUT2D eigenvalue weighted by Gasteiger charge is -2.03. The molecule has 0 aromatic heterocycles. The summed E-state index contributed by atoms with van der Waals surface area (Å²) in [4.78, 5) is 4.31. The summed E-state index contributed by atoms with van der Waals surface area (Å²) in [6.07, 6.45) is 9.02. The van der Waals surface area contributed by atoms with Crippen molar-refractivity contribution in [3.63, 3.8) is 0 Å². The van der Waals surface area contributed by atoms with E-state index in [2.05, 4.69) is 18.8 Å². The molecule has 0 saturated carbocycles. The van der Waals surface area contributed by atoms with Crippen molar-refractivity contribution in [3.8, 4) is 0 Å². The Morgan fingerprint density at radius 3 is 2.00 bits per heavy atom. The van der Waals surface area contributed by atoms with Gasteiger partial charge in [0.1, 0.15) is 0 Å². The highest BCUT2D eigenvalue weighted by Crippen LogP contribution is 2.06. The normalized spacial score (nSPS) is 12.1. The minimum absolute atomic E-state index is 1.22. The van der Waals surface area contributed by atoms with Crippen molar-refractivity contribution in [2.75, 3.05) is 7.05 Å². The molecule has 0 aromatic rings. The predicted octanol–water partition coefficient (Wildman–Crippen LogP) is 3.83. The second-order valence-electron chi connectivity index (χ2n) is 3.35. The highest BCUT2D eigenvalue weighted by Gasteiger charge is 1.96. The van der Waals surface area contributed by atoms with Crippen LogP contribution in [0.15, 0.2) is 4.99 Å². The first-order chi connectivity index (χ1) is 5.85. The maximum absolute atomic E-state index is 4.31. The average molecular weight is 169 g/mol. The van der Waals surface area contributed by atoms with Crippen LogP contribution >= 0.6 is 0 Å². The van der Waals surface area contributed by atoms with Crippen molar-refractivity contribution in [1.29, 1.82) is 0 Å². The lowest BCUT2D eigenvalue weighted by atomic mass is 10.1. The Balaban J connectivity index is 3.41. The summed E-state index contributed by atoms with van der Waals surface area (Å²) >= 11 is 0. The van der Waals surface area contributed by atoms with Crippen LogP contribution < -0.4 is 0 Å². The van der Waals surface area contributed by atoms with Gasteiger partial charge in [0.15, 0.2) is 0 Å². The van der Waals surface area contributed by atoms with E-state index in [1.165, 1.54) is 50.7 Å². The SMILES string of the molecule is CCCCCC(CCCC)=NC. The van der Waals surface area contributed by atoms with Crippen LogP contribution in [0, 0.1) is 0 Å². The molecule has 0 amide bonds. The molecule has 0 N–H and O–H groups in total. The maximum Gasteiger partial charge on any atom is 0.0276 e. The molecule has 72 valence electrons. The second kappa shape index (κ2) is 8.76. The van der Waals surface area contributed by atoms with Crippen LogP contribution in [-0.2, 0) is 0 Å². The molecule has 1 heteroatoms. The molecule has 0 rings (SSSR count). The molecule has 0 aliphatic rings. The summed E-state index contributed by atoms with van der Waals surface area (Å²) < 4.78 is 0. The highest BCUT2D eigenvalue weighted by atomic mass is 14.7. The Morgan fingerprint density at radius 1 is 0.917 bits per heavy atom. The Labute approximate surface area is 77.3 Å². The van der Waals surface area contributed by atoms with Gasteiger partial charge in [0.2, 0.25) is 0 Å². The zero-order valence-electron chi connectivity index (χ0n) is 8.90. The van der Waals surface area contributed by atoms with Crippen LogP contribution in [0.25, 0.3) is 0 Å². The summed E-state index contributed by atoms with van der Waals surface area (Å²) in [6.45, 7) is 4.48. The van der Waals surface area contributed by atoms with Gasteiger partial charge >= 0.3 is 0 Å². The lowest BCUT2D eigenvalue weighted by Crippen LogP contribution is -1.97. The smallest absolute Gasteiger partial charge is 0.0276 e. The van der Waals surface area contributed by atoms with Gasteiger partial charge in [-0.1, -0.05) is 33.1 Å². The van der Waals surface area contributed by atoms with Crippen molar-refractivity contribution in [2.45, 2.75) is 58.8 Å². The fourth-order valence-electron chi connectivity index (χ4n) is 1.31. The van der Waals surface area contributed by atoms with E-state index in [1.807, 2.05) is 7.05 Å². The molecule has 0 bridgehead atoms. The molecule has 0 aliphatic heterocycles. The second-order valence-corrected chi connectivity index (χ2v) is 3.35. The zero-order chi connectivity index (χ0) is 9.23. The van der Waals surface area contributed by atoms with Crippen LogP contribution in [0.3, 0.4) is 0 Å². The number of hydrogen-bond donors (Lipinski definition) is 0. The monoisotopic (exact) mass is 169 g/mol. The summed E-state index contributed by atoms with van der Waals surface area (Å²) in [5.74, 6) is 0. The molecule has 0 aliphatic carbocycles. The zero-order valence-corrected chi connectivity index (χ0v) is 8.90. The molecule has 0 spiro atoms. The van der Waals surface area contributed by atoms with Crippen molar-refractivity contribution in [2.24, 2.45) is 4.99 Å². The van der Waals surface area contributed by atoms with E-state index in [1.54, 1.807) is 0 Å². The van der Waals surface area contributed by atoms with Gasteiger partial charge < -0.3 is 0 Å². The van der Waals surface area contributed by atoms with E-state index in [0.717, 1.165) is 0 Å². The van der Waals surface area contributed by atoms with Gasteiger partial charge in [0.05, 0.1) is 0 Å². The molecule has 0 heterocycles. The topological polar surface area (TPSA) is 12.4 Å². The molecule has 12 heavy (non-hydrogen) atoms. The minimum Gasteiger partial charge on any atom is -0.297 e. The Kier molecular flexibility index (Phi) is 8.52. The highest BCUT2D eigenvalue weighted by molar-refractivity contribution is 5.84. The number of aliphatic imine (C=N–C) groups is 1. The van der Waals surface area contributed by atoms with Crippen LogP contribution in [-0.4, -0.2) is 12.8 Å². The molecular weight excluding hydrogens is 146 g/mol. The maximum atomic E-state index is 4.31. The molecule has 0 radical (unpaired) electrons. The third-order valence-electron chi connectivity index (χ3n) is 2.20. The van der Waals surface area contributed by atoms with Crippen molar-refractivity contribution < 1.29 is 0 Å². The largest absolute Gasteiger partial charge is 0.297 e. The quantitative estimate of drug-likeness (QED) is 0.406. The fourth-order valence-corrected chi connectivity index (χ4v) is 1.31. The molecule has 0 fully saturated rings. The van der Waals surface area contributed by atoms with Gasteiger partial charge in [-0.15, -0.1) is 0 Å². The number of hydrogen-bond acceptors (Lipinski definition) is 1. The van der Waals surface area contributed by atoms with Crippen molar-refractivity contribution in [3.05, 3.63) is 0 Å². The number of nitrogens with zero attached hydrogens (tertiary/aromatic N) is 1. The fraction of sp³-hybridized carbons (Fsp3) is 0.909. The minimum atomic E-state index is 1.22. The molecular formula is C11H23N. The van der Waals surface area contributed by atoms with Crippen LogP contribution in [0.2, 0.25) is 0 Å². The van der Waals surface area contributed by atoms with E-state index in [0.29, 0.717) is 0 Å². The standard InChI is InChI=1S/C11H23N/c1-4-6-8-10-11(12-3)9-7-5-2/h4-10H2,1-3H3. The molecule has 1 nitrogen and oxygen atoms in total. The number of rotatable bonds is 7. The Hall–Kier alpha value is -0.330. The van der Waals surface area contributed by atoms with Gasteiger partial charge in [-0.05, 0) is 25.7 Å². The lowest BCUT2D eigenvalue weighted by molar-refractivity contribution is 0.727. The first-order valence-corrected chi connectivity index (χ1v) is 5.29. The average Bonchev–Trinajstić information content (AvgIpc) is 2.11. The third kappa shape index (κ3) is 6.38. The number of unbranched alkanes of at least 4 members (excludes halogenated alkanes) is 3. The van der Waals surface area contributed by atoms with Crippen LogP contribution in [0.5, 0.6) is 0 Å². The van der Waals surface area contributed by atoms with Crippen molar-refractivity contribution >= 4 is 5.71 Å². The van der Waals surface area contributed by atoms with E-state index in [9.17, 15) is 0 Å². The van der Waals surface area contributed by atoms with E-state index in [4.69, 9.17) is 0 Å². The third-order valence-corrected chi connectivity index (χ3v) is 2.20. The summed E-state index contributed by atoms with van der Waals surface area (Å²) in [6, 6.07) is 0.